The van der Waals surface area contributed by atoms with Crippen LogP contribution in [0.3, 0.4) is 0 Å². The van der Waals surface area contributed by atoms with Crippen molar-refractivity contribution in [3.63, 3.8) is 0 Å². The Morgan fingerprint density at radius 2 is 0.893 bits per heavy atom. The average molecular weight is 516 g/mol. The molecule has 0 saturated carbocycles. The Balaban J connectivity index is 2.17. The maximum Gasteiger partial charge on any atom is 0.161 e. The molecule has 0 unspecified atom stereocenters. The first-order chi connectivity index (χ1) is 13.3. The number of halogens is 2. The lowest BCUT2D eigenvalue weighted by atomic mass is 9.85. The quantitative estimate of drug-likeness (QED) is 0.392. The van der Waals surface area contributed by atoms with Crippen LogP contribution in [0.5, 0.6) is 23.0 Å². The third-order valence-corrected chi connectivity index (χ3v) is 6.64. The second-order valence-corrected chi connectivity index (χ2v) is 8.67. The van der Waals surface area contributed by atoms with Crippen molar-refractivity contribution in [2.45, 2.75) is 26.7 Å². The minimum Gasteiger partial charge on any atom is -0.493 e. The number of rotatable bonds is 9. The van der Waals surface area contributed by atoms with E-state index in [-0.39, 0.29) is 0 Å². The number of hydrogen-bond acceptors (Lipinski definition) is 4. The van der Waals surface area contributed by atoms with Crippen LogP contribution in [0.4, 0.5) is 0 Å². The van der Waals surface area contributed by atoms with Gasteiger partial charge in [-0.25, -0.2) is 0 Å². The van der Waals surface area contributed by atoms with Gasteiger partial charge in [0.2, 0.25) is 0 Å². The average Bonchev–Trinajstić information content (AvgIpc) is 2.69. The summed E-state index contributed by atoms with van der Waals surface area (Å²) in [6.07, 6.45) is 1.88. The van der Waals surface area contributed by atoms with E-state index >= 15 is 0 Å². The van der Waals surface area contributed by atoms with Gasteiger partial charge in [-0.3, -0.25) is 0 Å². The van der Waals surface area contributed by atoms with Crippen LogP contribution in [0, 0.1) is 11.8 Å². The molecule has 0 heterocycles. The zero-order valence-electron chi connectivity index (χ0n) is 17.3. The molecule has 0 aliphatic carbocycles. The Morgan fingerprint density at radius 1 is 0.607 bits per heavy atom. The molecule has 2 atom stereocenters. The van der Waals surface area contributed by atoms with Crippen LogP contribution in [0.25, 0.3) is 0 Å². The van der Waals surface area contributed by atoms with Crippen molar-refractivity contribution in [1.29, 1.82) is 0 Å². The Hall–Kier alpha value is -1.40. The molecule has 2 aromatic carbocycles. The van der Waals surface area contributed by atoms with Gasteiger partial charge in [0.25, 0.3) is 0 Å². The molecule has 0 aliphatic rings. The lowest BCUT2D eigenvalue weighted by molar-refractivity contribution is 0.350. The molecule has 0 fully saturated rings. The highest BCUT2D eigenvalue weighted by molar-refractivity contribution is 9.10. The minimum absolute atomic E-state index is 0.467. The molecular formula is C22H28Br2O4. The molecule has 0 radical (unpaired) electrons. The summed E-state index contributed by atoms with van der Waals surface area (Å²) in [6.45, 7) is 4.56. The third-order valence-electron chi connectivity index (χ3n) is 5.16. The zero-order valence-corrected chi connectivity index (χ0v) is 20.4. The predicted molar refractivity (Wildman–Crippen MR) is 120 cm³/mol. The second kappa shape index (κ2) is 10.4. The molecule has 0 spiro atoms. The Kier molecular flexibility index (Phi) is 8.50. The summed E-state index contributed by atoms with van der Waals surface area (Å²) in [4.78, 5) is 0. The van der Waals surface area contributed by atoms with Crippen molar-refractivity contribution in [2.24, 2.45) is 11.8 Å². The van der Waals surface area contributed by atoms with Crippen molar-refractivity contribution < 1.29 is 18.9 Å². The number of methoxy groups -OCH3 is 4. The standard InChI is InChI=1S/C22H28Br2O4/c1-13(7-15-9-19(25-3)21(27-5)11-17(15)23)14(2)8-16-10-20(26-4)22(28-6)12-18(16)24/h9-14H,7-8H2,1-6H3/t13-,14+. The largest absolute Gasteiger partial charge is 0.493 e. The minimum atomic E-state index is 0.467. The molecule has 0 saturated heterocycles. The molecule has 6 heteroatoms. The van der Waals surface area contributed by atoms with Gasteiger partial charge >= 0.3 is 0 Å². The molecule has 0 amide bonds. The van der Waals surface area contributed by atoms with Crippen molar-refractivity contribution in [1.82, 2.24) is 0 Å². The molecule has 154 valence electrons. The summed E-state index contributed by atoms with van der Waals surface area (Å²) >= 11 is 7.34. The SMILES string of the molecule is COc1cc(Br)c(C[C@@H](C)[C@@H](C)Cc2cc(OC)c(OC)cc2Br)cc1OC. The summed E-state index contributed by atoms with van der Waals surface area (Å²) in [5.41, 5.74) is 2.42. The van der Waals surface area contributed by atoms with Crippen LogP contribution < -0.4 is 18.9 Å². The lowest BCUT2D eigenvalue weighted by Gasteiger charge is -2.22. The summed E-state index contributed by atoms with van der Waals surface area (Å²) in [7, 11) is 6.62. The van der Waals surface area contributed by atoms with E-state index in [2.05, 4.69) is 57.8 Å². The van der Waals surface area contributed by atoms with E-state index in [0.717, 1.165) is 44.8 Å². The first kappa shape index (κ1) is 22.9. The Morgan fingerprint density at radius 3 is 1.18 bits per heavy atom. The van der Waals surface area contributed by atoms with Gasteiger partial charge in [-0.05, 0) is 60.1 Å². The molecule has 0 N–H and O–H groups in total. The van der Waals surface area contributed by atoms with E-state index < -0.39 is 0 Å². The first-order valence-corrected chi connectivity index (χ1v) is 10.7. The molecule has 28 heavy (non-hydrogen) atoms. The number of ether oxygens (including phenoxy) is 4. The van der Waals surface area contributed by atoms with Gasteiger partial charge in [0.05, 0.1) is 28.4 Å². The normalized spacial score (nSPS) is 13.0. The van der Waals surface area contributed by atoms with E-state index in [1.54, 1.807) is 28.4 Å². The lowest BCUT2D eigenvalue weighted by Crippen LogP contribution is -2.14. The highest BCUT2D eigenvalue weighted by Gasteiger charge is 2.19. The highest BCUT2D eigenvalue weighted by Crippen LogP contribution is 2.37. The van der Waals surface area contributed by atoms with E-state index in [1.807, 2.05) is 12.1 Å². The van der Waals surface area contributed by atoms with Crippen LogP contribution in [0.1, 0.15) is 25.0 Å². The fourth-order valence-electron chi connectivity index (χ4n) is 3.20. The number of hydrogen-bond donors (Lipinski definition) is 0. The molecule has 2 aromatic rings. The van der Waals surface area contributed by atoms with Crippen LogP contribution in [-0.4, -0.2) is 28.4 Å². The monoisotopic (exact) mass is 514 g/mol. The molecular weight excluding hydrogens is 488 g/mol. The van der Waals surface area contributed by atoms with Crippen molar-refractivity contribution in [3.8, 4) is 23.0 Å². The summed E-state index contributed by atoms with van der Waals surface area (Å²) < 4.78 is 23.7. The van der Waals surface area contributed by atoms with Gasteiger partial charge < -0.3 is 18.9 Å². The molecule has 4 nitrogen and oxygen atoms in total. The van der Waals surface area contributed by atoms with E-state index in [0.29, 0.717) is 11.8 Å². The number of benzene rings is 2. The maximum absolute atomic E-state index is 5.45. The van der Waals surface area contributed by atoms with E-state index in [9.17, 15) is 0 Å². The topological polar surface area (TPSA) is 36.9 Å². The fraction of sp³-hybridized carbons (Fsp3) is 0.455. The van der Waals surface area contributed by atoms with Crippen molar-refractivity contribution in [3.05, 3.63) is 44.3 Å². The van der Waals surface area contributed by atoms with Gasteiger partial charge in [0.1, 0.15) is 0 Å². The van der Waals surface area contributed by atoms with Gasteiger partial charge in [0.15, 0.2) is 23.0 Å². The van der Waals surface area contributed by atoms with Crippen LogP contribution in [0.15, 0.2) is 33.2 Å². The highest BCUT2D eigenvalue weighted by atomic mass is 79.9. The zero-order chi connectivity index (χ0) is 20.8. The summed E-state index contributed by atoms with van der Waals surface area (Å²) in [5.74, 6) is 3.90. The summed E-state index contributed by atoms with van der Waals surface area (Å²) in [6, 6.07) is 8.05. The van der Waals surface area contributed by atoms with Gasteiger partial charge in [-0.2, -0.15) is 0 Å². The molecule has 0 bridgehead atoms. The predicted octanol–water partition coefficient (Wildman–Crippen LogP) is 6.30. The van der Waals surface area contributed by atoms with Gasteiger partial charge in [0, 0.05) is 8.95 Å². The third kappa shape index (κ3) is 5.35. The van der Waals surface area contributed by atoms with Crippen molar-refractivity contribution in [2.75, 3.05) is 28.4 Å². The van der Waals surface area contributed by atoms with Crippen LogP contribution in [0.2, 0.25) is 0 Å². The molecule has 2 rings (SSSR count). The molecule has 0 aromatic heterocycles. The van der Waals surface area contributed by atoms with E-state index in [1.165, 1.54) is 11.1 Å². The van der Waals surface area contributed by atoms with Crippen molar-refractivity contribution >= 4 is 31.9 Å². The van der Waals surface area contributed by atoms with Gasteiger partial charge in [-0.1, -0.05) is 45.7 Å². The fourth-order valence-corrected chi connectivity index (χ4v) is 4.17. The Labute approximate surface area is 184 Å². The second-order valence-electron chi connectivity index (χ2n) is 6.96. The van der Waals surface area contributed by atoms with Gasteiger partial charge in [-0.15, -0.1) is 0 Å². The summed E-state index contributed by atoms with van der Waals surface area (Å²) in [5, 5.41) is 0. The van der Waals surface area contributed by atoms with Crippen LogP contribution >= 0.6 is 31.9 Å². The van der Waals surface area contributed by atoms with E-state index in [4.69, 9.17) is 18.9 Å². The smallest absolute Gasteiger partial charge is 0.161 e. The molecule has 0 aliphatic heterocycles. The Bertz CT molecular complexity index is 740. The maximum atomic E-state index is 5.45. The first-order valence-electron chi connectivity index (χ1n) is 9.15. The van der Waals surface area contributed by atoms with Crippen LogP contribution in [-0.2, 0) is 12.8 Å².